The van der Waals surface area contributed by atoms with Gasteiger partial charge in [0.1, 0.15) is 0 Å². The summed E-state index contributed by atoms with van der Waals surface area (Å²) in [6, 6.07) is 16.7. The highest BCUT2D eigenvalue weighted by Gasteiger charge is 2.34. The molecule has 24 heavy (non-hydrogen) atoms. The lowest BCUT2D eigenvalue weighted by Crippen LogP contribution is -2.44. The van der Waals surface area contributed by atoms with Gasteiger partial charge in [-0.15, -0.1) is 0 Å². The topological polar surface area (TPSA) is 39.7 Å². The molecule has 122 valence electrons. The van der Waals surface area contributed by atoms with Gasteiger partial charge in [-0.3, -0.25) is 4.90 Å². The third kappa shape index (κ3) is 2.94. The van der Waals surface area contributed by atoms with Crippen molar-refractivity contribution < 1.29 is 0 Å². The van der Waals surface area contributed by atoms with Crippen molar-refractivity contribution in [2.45, 2.75) is 13.8 Å². The number of rotatable bonds is 2. The lowest BCUT2D eigenvalue weighted by molar-refractivity contribution is 1.31. The van der Waals surface area contributed by atoms with Gasteiger partial charge < -0.3 is 10.6 Å². The Morgan fingerprint density at radius 3 is 2.62 bits per heavy atom. The van der Waals surface area contributed by atoms with Crippen LogP contribution in [0.1, 0.15) is 11.1 Å². The minimum Gasteiger partial charge on any atom is -0.325 e. The van der Waals surface area contributed by atoms with E-state index in [9.17, 15) is 0 Å². The third-order valence-corrected chi connectivity index (χ3v) is 7.35. The molecule has 0 radical (unpaired) electrons. The highest BCUT2D eigenvalue weighted by molar-refractivity contribution is 8.90. The zero-order chi connectivity index (χ0) is 16.7. The molecule has 7 heteroatoms. The molecule has 4 nitrogen and oxygen atoms in total. The van der Waals surface area contributed by atoms with E-state index in [4.69, 9.17) is 16.6 Å². The fourth-order valence-electron chi connectivity index (χ4n) is 2.61. The Morgan fingerprint density at radius 1 is 1.12 bits per heavy atom. The van der Waals surface area contributed by atoms with Crippen molar-refractivity contribution in [1.82, 2.24) is 5.32 Å². The first kappa shape index (κ1) is 15.7. The Kier molecular flexibility index (Phi) is 4.07. The fraction of sp³-hybridized carbons (Fsp3) is 0.118. The van der Waals surface area contributed by atoms with Crippen molar-refractivity contribution in [3.8, 4) is 0 Å². The van der Waals surface area contributed by atoms with Gasteiger partial charge in [-0.25, -0.2) is 0 Å². The Morgan fingerprint density at radius 2 is 1.88 bits per heavy atom. The first-order valence-corrected chi connectivity index (χ1v) is 10.4. The van der Waals surface area contributed by atoms with Crippen LogP contribution in [0.5, 0.6) is 0 Å². The number of thiocarbonyl (C=S) groups is 1. The Balaban J connectivity index is 1.72. The van der Waals surface area contributed by atoms with Crippen molar-refractivity contribution in [2.75, 3.05) is 10.2 Å². The van der Waals surface area contributed by atoms with E-state index in [0.717, 1.165) is 26.8 Å². The second-order valence-corrected chi connectivity index (χ2v) is 9.39. The van der Waals surface area contributed by atoms with Crippen molar-refractivity contribution in [2.24, 2.45) is 4.40 Å². The maximum atomic E-state index is 5.31. The molecule has 0 fully saturated rings. The highest BCUT2D eigenvalue weighted by Crippen LogP contribution is 2.44. The van der Waals surface area contributed by atoms with Crippen LogP contribution in [0.15, 0.2) is 52.9 Å². The van der Waals surface area contributed by atoms with Crippen molar-refractivity contribution in [3.05, 3.63) is 59.7 Å². The second-order valence-electron chi connectivity index (χ2n) is 5.63. The fourth-order valence-corrected chi connectivity index (χ4v) is 6.19. The molecule has 0 saturated heterocycles. The summed E-state index contributed by atoms with van der Waals surface area (Å²) in [5.41, 5.74) is 4.54. The number of aryl methyl sites for hydroxylation is 2. The number of anilines is 2. The summed E-state index contributed by atoms with van der Waals surface area (Å²) < 4.78 is 5.63. The molecule has 0 spiro atoms. The van der Waals surface area contributed by atoms with E-state index >= 15 is 0 Å². The monoisotopic (exact) mass is 372 g/mol. The van der Waals surface area contributed by atoms with E-state index in [1.807, 2.05) is 6.07 Å². The van der Waals surface area contributed by atoms with Gasteiger partial charge >= 0.3 is 0 Å². The van der Waals surface area contributed by atoms with Crippen LogP contribution in [0.25, 0.3) is 0 Å². The molecule has 0 amide bonds. The standard InChI is InChI=1S/C17H16N4S3/c1-11-5-3-7-13(9-11)18-15-20-24-16(19-17(22)23-24)21(15)14-8-4-6-12(2)10-14/h3-10H,1-2H3,(H,18,20)(H,19,22). The van der Waals surface area contributed by atoms with Gasteiger partial charge in [0.15, 0.2) is 9.43 Å². The molecule has 0 aromatic heterocycles. The maximum Gasteiger partial charge on any atom is 0.221 e. The molecule has 2 aliphatic heterocycles. The zero-order valence-electron chi connectivity index (χ0n) is 13.2. The molecule has 2 aliphatic rings. The smallest absolute Gasteiger partial charge is 0.221 e. The quantitative estimate of drug-likeness (QED) is 0.604. The summed E-state index contributed by atoms with van der Waals surface area (Å²) in [5.74, 6) is 0.826. The Labute approximate surface area is 152 Å². The normalized spacial score (nSPS) is 19.2. The van der Waals surface area contributed by atoms with Crippen LogP contribution in [0.3, 0.4) is 0 Å². The van der Waals surface area contributed by atoms with E-state index in [0.29, 0.717) is 0 Å². The number of nitrogens with one attached hydrogen (secondary N) is 2. The van der Waals surface area contributed by atoms with Gasteiger partial charge in [0, 0.05) is 15.4 Å². The van der Waals surface area contributed by atoms with Crippen molar-refractivity contribution in [3.63, 3.8) is 0 Å². The molecule has 2 heterocycles. The van der Waals surface area contributed by atoms with Gasteiger partial charge in [0.05, 0.1) is 5.69 Å². The van der Waals surface area contributed by atoms with Gasteiger partial charge in [0.25, 0.3) is 0 Å². The second kappa shape index (κ2) is 6.23. The minimum absolute atomic E-state index is 0.312. The number of hydrogen-bond acceptors (Lipinski definition) is 5. The molecule has 0 aliphatic carbocycles. The molecule has 4 rings (SSSR count). The third-order valence-electron chi connectivity index (χ3n) is 3.65. The van der Waals surface area contributed by atoms with Crippen LogP contribution < -0.4 is 15.5 Å². The van der Waals surface area contributed by atoms with Gasteiger partial charge in [0.2, 0.25) is 5.96 Å². The molecule has 0 saturated carbocycles. The van der Waals surface area contributed by atoms with Crippen LogP contribution in [-0.2, 0) is 0 Å². The molecule has 2 N–H and O–H groups in total. The highest BCUT2D eigenvalue weighted by atomic mass is 33.1. The van der Waals surface area contributed by atoms with E-state index in [-0.39, 0.29) is 9.70 Å². The van der Waals surface area contributed by atoms with Crippen LogP contribution >= 0.6 is 32.7 Å². The van der Waals surface area contributed by atoms with Gasteiger partial charge in [-0.05, 0) is 60.0 Å². The number of benzene rings is 2. The van der Waals surface area contributed by atoms with E-state index < -0.39 is 0 Å². The summed E-state index contributed by atoms with van der Waals surface area (Å²) in [4.78, 5) is 2.13. The predicted molar refractivity (Wildman–Crippen MR) is 112 cm³/mol. The summed E-state index contributed by atoms with van der Waals surface area (Å²) in [6.45, 7) is 4.18. The number of guanidine groups is 1. The minimum atomic E-state index is -0.312. The summed E-state index contributed by atoms with van der Waals surface area (Å²) in [7, 11) is 1.29. The first-order valence-electron chi connectivity index (χ1n) is 7.50. The largest absolute Gasteiger partial charge is 0.325 e. The summed E-state index contributed by atoms with van der Waals surface area (Å²) in [5, 5.41) is 7.80. The zero-order valence-corrected chi connectivity index (χ0v) is 15.7. The maximum absolute atomic E-state index is 5.31. The van der Waals surface area contributed by atoms with Crippen LogP contribution in [-0.4, -0.2) is 15.4 Å². The molecule has 2 aromatic rings. The van der Waals surface area contributed by atoms with E-state index in [1.54, 1.807) is 10.8 Å². The van der Waals surface area contributed by atoms with Crippen LogP contribution in [0, 0.1) is 13.8 Å². The summed E-state index contributed by atoms with van der Waals surface area (Å²) >= 11 is 5.31. The molecule has 1 atom stereocenters. The molecular weight excluding hydrogens is 356 g/mol. The molecule has 2 aromatic carbocycles. The first-order chi connectivity index (χ1) is 11.6. The Bertz CT molecular complexity index is 904. The lowest BCUT2D eigenvalue weighted by Gasteiger charge is -2.24. The summed E-state index contributed by atoms with van der Waals surface area (Å²) in [6.07, 6.45) is 0. The average molecular weight is 373 g/mol. The van der Waals surface area contributed by atoms with Crippen molar-refractivity contribution >= 4 is 59.5 Å². The average Bonchev–Trinajstić information content (AvgIpc) is 3.02. The number of hydrogen-bond donors (Lipinski definition) is 2. The number of nitrogens with zero attached hydrogens (tertiary/aromatic N) is 2. The van der Waals surface area contributed by atoms with Gasteiger partial charge in [-0.2, -0.15) is 4.40 Å². The van der Waals surface area contributed by atoms with Crippen molar-refractivity contribution in [1.29, 1.82) is 0 Å². The predicted octanol–water partition coefficient (Wildman–Crippen LogP) is 4.40. The molecular formula is C17H16N4S3. The van der Waals surface area contributed by atoms with Crippen LogP contribution in [0.2, 0.25) is 0 Å². The van der Waals surface area contributed by atoms with E-state index in [1.165, 1.54) is 11.1 Å². The SMILES string of the molecule is Cc1cccc(NC2=NS3=C(NC(=S)S3)N2c2cccc(C)c2)c1. The molecule has 0 bridgehead atoms. The molecule has 1 unspecified atom stereocenters. The Hall–Kier alpha value is -1.83. The lowest BCUT2D eigenvalue weighted by atomic mass is 10.2. The van der Waals surface area contributed by atoms with Crippen LogP contribution in [0.4, 0.5) is 11.4 Å². The van der Waals surface area contributed by atoms with E-state index in [2.05, 4.69) is 71.8 Å². The van der Waals surface area contributed by atoms with Gasteiger partial charge in [-0.1, -0.05) is 36.5 Å².